The predicted octanol–water partition coefficient (Wildman–Crippen LogP) is 2.30. The van der Waals surface area contributed by atoms with Crippen LogP contribution in [0.25, 0.3) is 0 Å². The first-order valence-electron chi connectivity index (χ1n) is 8.93. The molecule has 3 rings (SSSR count). The number of carbonyl (C=O) groups is 1. The highest BCUT2D eigenvalue weighted by molar-refractivity contribution is 5.68. The molecule has 1 amide bonds. The average molecular weight is 331 g/mol. The largest absolute Gasteiger partial charge is 0.444 e. The summed E-state index contributed by atoms with van der Waals surface area (Å²) in [5.41, 5.74) is 2.41. The Morgan fingerprint density at radius 1 is 1.29 bits per heavy atom. The molecule has 0 radical (unpaired) electrons. The van der Waals surface area contributed by atoms with Crippen molar-refractivity contribution in [2.45, 2.75) is 57.8 Å². The lowest BCUT2D eigenvalue weighted by molar-refractivity contribution is 0.0424. The molecule has 0 saturated carbocycles. The van der Waals surface area contributed by atoms with Gasteiger partial charge in [0.05, 0.1) is 6.04 Å². The fraction of sp³-hybridized carbons (Fsp3) is 0.632. The number of hydrogen-bond donors (Lipinski definition) is 2. The van der Waals surface area contributed by atoms with E-state index >= 15 is 0 Å². The van der Waals surface area contributed by atoms with Crippen LogP contribution in [0.3, 0.4) is 0 Å². The van der Waals surface area contributed by atoms with Gasteiger partial charge in [-0.2, -0.15) is 0 Å². The van der Waals surface area contributed by atoms with Crippen LogP contribution in [0.4, 0.5) is 4.79 Å². The molecule has 2 aliphatic heterocycles. The van der Waals surface area contributed by atoms with Crippen molar-refractivity contribution in [2.75, 3.05) is 19.6 Å². The van der Waals surface area contributed by atoms with Gasteiger partial charge in [0.1, 0.15) is 5.60 Å². The Kier molecular flexibility index (Phi) is 5.11. The quantitative estimate of drug-likeness (QED) is 0.873. The van der Waals surface area contributed by atoms with Crippen LogP contribution in [0.15, 0.2) is 24.3 Å². The first-order chi connectivity index (χ1) is 11.4. The Hall–Kier alpha value is -1.59. The molecule has 2 atom stereocenters. The van der Waals surface area contributed by atoms with E-state index in [0.717, 1.165) is 39.0 Å². The van der Waals surface area contributed by atoms with E-state index < -0.39 is 5.60 Å². The third kappa shape index (κ3) is 4.28. The van der Waals surface area contributed by atoms with Gasteiger partial charge in [0.15, 0.2) is 0 Å². The van der Waals surface area contributed by atoms with E-state index in [1.165, 1.54) is 11.1 Å². The van der Waals surface area contributed by atoms with Crippen molar-refractivity contribution in [3.05, 3.63) is 35.4 Å². The Bertz CT molecular complexity index is 582. The lowest BCUT2D eigenvalue weighted by Gasteiger charge is -2.42. The molecule has 132 valence electrons. The first-order valence-corrected chi connectivity index (χ1v) is 8.93. The number of ether oxygens (including phenoxy) is 1. The maximum Gasteiger partial charge on any atom is 0.407 e. The highest BCUT2D eigenvalue weighted by Gasteiger charge is 2.33. The smallest absolute Gasteiger partial charge is 0.407 e. The maximum atomic E-state index is 12.2. The second kappa shape index (κ2) is 7.11. The van der Waals surface area contributed by atoms with E-state index in [1.54, 1.807) is 0 Å². The molecule has 1 aromatic carbocycles. The van der Waals surface area contributed by atoms with Crippen molar-refractivity contribution in [3.63, 3.8) is 0 Å². The number of nitrogens with zero attached hydrogens (tertiary/aromatic N) is 1. The standard InChI is InChI=1S/C19H29N3O2/c1-19(2,3)24-18(23)21-16-12-20-10-8-17(16)22-11-9-14-6-4-5-7-15(14)13-22/h4-7,16-17,20H,8-13H2,1-3H3,(H,21,23)/t16-,17-/m1/s1. The number of rotatable bonds is 2. The van der Waals surface area contributed by atoms with E-state index in [9.17, 15) is 4.79 Å². The van der Waals surface area contributed by atoms with Crippen molar-refractivity contribution in [1.29, 1.82) is 0 Å². The third-order valence-electron chi connectivity index (χ3n) is 4.78. The second-order valence-corrected chi connectivity index (χ2v) is 7.80. The molecule has 0 bridgehead atoms. The minimum absolute atomic E-state index is 0.0823. The van der Waals surface area contributed by atoms with Gasteiger partial charge in [-0.1, -0.05) is 24.3 Å². The number of alkyl carbamates (subject to hydrolysis) is 1. The second-order valence-electron chi connectivity index (χ2n) is 7.80. The summed E-state index contributed by atoms with van der Waals surface area (Å²) in [6.45, 7) is 9.49. The monoisotopic (exact) mass is 331 g/mol. The van der Waals surface area contributed by atoms with Crippen LogP contribution in [-0.4, -0.2) is 48.3 Å². The molecule has 0 aliphatic carbocycles. The molecule has 2 heterocycles. The minimum atomic E-state index is -0.467. The van der Waals surface area contributed by atoms with E-state index in [1.807, 2.05) is 20.8 Å². The van der Waals surface area contributed by atoms with Crippen molar-refractivity contribution in [3.8, 4) is 0 Å². The zero-order valence-corrected chi connectivity index (χ0v) is 15.0. The lowest BCUT2D eigenvalue weighted by Crippen LogP contribution is -2.60. The Balaban J connectivity index is 1.66. The van der Waals surface area contributed by atoms with Gasteiger partial charge >= 0.3 is 6.09 Å². The zero-order valence-electron chi connectivity index (χ0n) is 15.0. The SMILES string of the molecule is CC(C)(C)OC(=O)N[C@@H]1CNCC[C@H]1N1CCc2ccccc2C1. The van der Waals surface area contributed by atoms with E-state index in [2.05, 4.69) is 39.8 Å². The van der Waals surface area contributed by atoms with Crippen LogP contribution in [-0.2, 0) is 17.7 Å². The summed E-state index contributed by atoms with van der Waals surface area (Å²) in [4.78, 5) is 14.7. The topological polar surface area (TPSA) is 53.6 Å². The summed E-state index contributed by atoms with van der Waals surface area (Å²) in [7, 11) is 0. The minimum Gasteiger partial charge on any atom is -0.444 e. The van der Waals surface area contributed by atoms with Crippen molar-refractivity contribution >= 4 is 6.09 Å². The van der Waals surface area contributed by atoms with Crippen LogP contribution < -0.4 is 10.6 Å². The molecule has 2 N–H and O–H groups in total. The highest BCUT2D eigenvalue weighted by atomic mass is 16.6. The number of piperidine rings is 1. The van der Waals surface area contributed by atoms with Gasteiger partial charge in [-0.25, -0.2) is 4.79 Å². The van der Waals surface area contributed by atoms with Crippen molar-refractivity contribution in [1.82, 2.24) is 15.5 Å². The van der Waals surface area contributed by atoms with E-state index in [4.69, 9.17) is 4.74 Å². The van der Waals surface area contributed by atoms with Gasteiger partial charge < -0.3 is 15.4 Å². The van der Waals surface area contributed by atoms with E-state index in [-0.39, 0.29) is 12.1 Å². The Morgan fingerprint density at radius 3 is 2.79 bits per heavy atom. The number of amides is 1. The van der Waals surface area contributed by atoms with Gasteiger partial charge in [0.25, 0.3) is 0 Å². The molecule has 5 heteroatoms. The molecule has 5 nitrogen and oxygen atoms in total. The lowest BCUT2D eigenvalue weighted by atomic mass is 9.93. The normalized spacial score (nSPS) is 25.0. The molecular weight excluding hydrogens is 302 g/mol. The average Bonchev–Trinajstić information content (AvgIpc) is 2.53. The molecular formula is C19H29N3O2. The summed E-state index contributed by atoms with van der Waals surface area (Å²) in [5.74, 6) is 0. The fourth-order valence-electron chi connectivity index (χ4n) is 3.69. The van der Waals surface area contributed by atoms with Crippen LogP contribution in [0.5, 0.6) is 0 Å². The molecule has 1 saturated heterocycles. The van der Waals surface area contributed by atoms with E-state index in [0.29, 0.717) is 6.04 Å². The summed E-state index contributed by atoms with van der Waals surface area (Å²) >= 11 is 0. The predicted molar refractivity (Wildman–Crippen MR) is 95.0 cm³/mol. The number of nitrogens with one attached hydrogen (secondary N) is 2. The summed E-state index contributed by atoms with van der Waals surface area (Å²) in [6, 6.07) is 9.11. The molecule has 24 heavy (non-hydrogen) atoms. The summed E-state index contributed by atoms with van der Waals surface area (Å²) in [6.07, 6.45) is 1.81. The van der Waals surface area contributed by atoms with Gasteiger partial charge in [-0.3, -0.25) is 4.90 Å². The number of carbonyl (C=O) groups excluding carboxylic acids is 1. The number of benzene rings is 1. The van der Waals surface area contributed by atoms with Crippen LogP contribution in [0.2, 0.25) is 0 Å². The number of hydrogen-bond acceptors (Lipinski definition) is 4. The van der Waals surface area contributed by atoms with Crippen molar-refractivity contribution in [2.24, 2.45) is 0 Å². The van der Waals surface area contributed by atoms with Gasteiger partial charge in [0.2, 0.25) is 0 Å². The summed E-state index contributed by atoms with van der Waals surface area (Å²) in [5, 5.41) is 6.48. The van der Waals surface area contributed by atoms with Crippen molar-refractivity contribution < 1.29 is 9.53 Å². The fourth-order valence-corrected chi connectivity index (χ4v) is 3.69. The van der Waals surface area contributed by atoms with Gasteiger partial charge in [-0.15, -0.1) is 0 Å². The molecule has 0 unspecified atom stereocenters. The first kappa shape index (κ1) is 17.2. The highest BCUT2D eigenvalue weighted by Crippen LogP contribution is 2.23. The maximum absolute atomic E-state index is 12.2. The molecule has 1 aromatic rings. The zero-order chi connectivity index (χ0) is 17.2. The number of fused-ring (bicyclic) bond motifs is 1. The molecule has 2 aliphatic rings. The van der Waals surface area contributed by atoms with Crippen LogP contribution in [0.1, 0.15) is 38.3 Å². The van der Waals surface area contributed by atoms with Gasteiger partial charge in [0, 0.05) is 25.7 Å². The third-order valence-corrected chi connectivity index (χ3v) is 4.78. The summed E-state index contributed by atoms with van der Waals surface area (Å²) < 4.78 is 5.44. The molecule has 0 aromatic heterocycles. The van der Waals surface area contributed by atoms with Crippen LogP contribution in [0, 0.1) is 0 Å². The Morgan fingerprint density at radius 2 is 2.04 bits per heavy atom. The molecule has 1 fully saturated rings. The van der Waals surface area contributed by atoms with Gasteiger partial charge in [-0.05, 0) is 51.3 Å². The molecule has 0 spiro atoms. The van der Waals surface area contributed by atoms with Crippen LogP contribution >= 0.6 is 0 Å². The Labute approximate surface area is 144 Å².